The van der Waals surface area contributed by atoms with E-state index < -0.39 is 38.2 Å². The molecule has 0 saturated carbocycles. The Morgan fingerprint density at radius 1 is 1.00 bits per heavy atom. The maximum absolute atomic E-state index is 13.1. The molecule has 2 aromatic carbocycles. The number of benzene rings is 2. The normalized spacial score (nSPS) is 16.6. The molecule has 0 bridgehead atoms. The first-order valence-corrected chi connectivity index (χ1v) is 11.8. The van der Waals surface area contributed by atoms with Gasteiger partial charge in [-0.25, -0.2) is 18.1 Å². The first kappa shape index (κ1) is 24.2. The van der Waals surface area contributed by atoms with E-state index in [1.54, 1.807) is 18.5 Å². The third-order valence-electron chi connectivity index (χ3n) is 5.50. The maximum Gasteiger partial charge on any atom is 0.501 e. The Hall–Kier alpha value is -3.93. The van der Waals surface area contributed by atoms with Gasteiger partial charge >= 0.3 is 11.5 Å². The molecule has 1 aliphatic heterocycles. The van der Waals surface area contributed by atoms with Crippen LogP contribution < -0.4 is 10.2 Å². The number of hydrogen-bond donors (Lipinski definition) is 1. The van der Waals surface area contributed by atoms with Crippen LogP contribution in [0.3, 0.4) is 0 Å². The summed E-state index contributed by atoms with van der Waals surface area (Å²) in [6.07, 6.45) is 3.14. The number of alkyl halides is 3. The summed E-state index contributed by atoms with van der Waals surface area (Å²) in [5, 5.41) is 3.21. The number of rotatable bonds is 6. The predicted molar refractivity (Wildman–Crippen MR) is 122 cm³/mol. The summed E-state index contributed by atoms with van der Waals surface area (Å²) >= 11 is 0. The molecule has 35 heavy (non-hydrogen) atoms. The van der Waals surface area contributed by atoms with Gasteiger partial charge in [-0.05, 0) is 55.0 Å². The Morgan fingerprint density at radius 3 is 2.29 bits per heavy atom. The van der Waals surface area contributed by atoms with Gasteiger partial charge in [0.25, 0.3) is 15.7 Å². The predicted octanol–water partition coefficient (Wildman–Crippen LogP) is 4.48. The third kappa shape index (κ3) is 4.56. The highest BCUT2D eigenvalue weighted by Crippen LogP contribution is 2.33. The van der Waals surface area contributed by atoms with Crippen molar-refractivity contribution in [3.63, 3.8) is 0 Å². The fraction of sp³-hybridized carbons (Fsp3) is 0.174. The first-order chi connectivity index (χ1) is 16.5. The molecule has 1 atom stereocenters. The third-order valence-corrected chi connectivity index (χ3v) is 7.00. The Morgan fingerprint density at radius 2 is 1.66 bits per heavy atom. The molecule has 1 N–H and O–H groups in total. The van der Waals surface area contributed by atoms with E-state index in [4.69, 9.17) is 0 Å². The van der Waals surface area contributed by atoms with Crippen molar-refractivity contribution in [2.24, 2.45) is 0 Å². The molecule has 12 heteroatoms. The van der Waals surface area contributed by atoms with Gasteiger partial charge in [-0.15, -0.1) is 0 Å². The van der Waals surface area contributed by atoms with Crippen LogP contribution in [0.5, 0.6) is 0 Å². The van der Waals surface area contributed by atoms with Crippen molar-refractivity contribution in [3.8, 4) is 0 Å². The van der Waals surface area contributed by atoms with E-state index in [1.165, 1.54) is 11.8 Å². The number of nitrogens with one attached hydrogen (secondary N) is 1. The molecule has 3 amide bonds. The van der Waals surface area contributed by atoms with Crippen molar-refractivity contribution in [1.29, 1.82) is 0 Å². The van der Waals surface area contributed by atoms with E-state index in [-0.39, 0.29) is 12.2 Å². The van der Waals surface area contributed by atoms with Crippen LogP contribution in [0.1, 0.15) is 12.5 Å². The lowest BCUT2D eigenvalue weighted by Gasteiger charge is -2.21. The highest BCUT2D eigenvalue weighted by Gasteiger charge is 2.47. The molecule has 0 aliphatic carbocycles. The average molecular weight is 504 g/mol. The van der Waals surface area contributed by atoms with Crippen LogP contribution in [0.25, 0.3) is 0 Å². The topological polar surface area (TPSA) is 99.7 Å². The molecule has 8 nitrogen and oxygen atoms in total. The molecule has 1 fully saturated rings. The number of imide groups is 1. The number of carbonyl (C=O) groups is 2. The molecular formula is C23H19F3N4O4S. The smallest absolute Gasteiger partial charge is 0.354 e. The van der Waals surface area contributed by atoms with Crippen molar-refractivity contribution in [2.75, 3.05) is 10.2 Å². The summed E-state index contributed by atoms with van der Waals surface area (Å²) in [7, 11) is -5.55. The molecule has 0 radical (unpaired) electrons. The second-order valence-electron chi connectivity index (χ2n) is 7.73. The lowest BCUT2D eigenvalue weighted by Crippen LogP contribution is -2.33. The van der Waals surface area contributed by atoms with Gasteiger partial charge in [-0.3, -0.25) is 9.78 Å². The van der Waals surface area contributed by atoms with Crippen LogP contribution in [0.15, 0.2) is 78.0 Å². The summed E-state index contributed by atoms with van der Waals surface area (Å²) in [5.74, 6) is -0.590. The van der Waals surface area contributed by atoms with Crippen LogP contribution in [-0.2, 0) is 21.2 Å². The number of carbonyl (C=O) groups excluding carboxylic acids is 2. The monoisotopic (exact) mass is 504 g/mol. The van der Waals surface area contributed by atoms with Crippen molar-refractivity contribution in [2.45, 2.75) is 29.9 Å². The van der Waals surface area contributed by atoms with Gasteiger partial charge in [0.1, 0.15) is 6.04 Å². The standard InChI is InChI=1S/C23H19F3N4O4S/c1-15-21(31)30(18-7-9-19(10-8-18)35(33,34)23(24,25)26)22(32)29(15)14-16-11-12-27-13-20(16)28-17-5-3-2-4-6-17/h2-13,15,28H,14H2,1H3. The molecule has 4 rings (SSSR count). The Labute approximate surface area is 198 Å². The fourth-order valence-electron chi connectivity index (χ4n) is 3.59. The second-order valence-corrected chi connectivity index (χ2v) is 9.67. The zero-order valence-corrected chi connectivity index (χ0v) is 19.0. The number of nitrogens with zero attached hydrogens (tertiary/aromatic N) is 3. The van der Waals surface area contributed by atoms with Crippen LogP contribution in [0, 0.1) is 0 Å². The van der Waals surface area contributed by atoms with Gasteiger partial charge in [0, 0.05) is 11.9 Å². The number of sulfone groups is 1. The number of hydrogen-bond acceptors (Lipinski definition) is 6. The fourth-order valence-corrected chi connectivity index (χ4v) is 4.35. The summed E-state index contributed by atoms with van der Waals surface area (Å²) in [6, 6.07) is 12.9. The highest BCUT2D eigenvalue weighted by atomic mass is 32.2. The Kier molecular flexibility index (Phi) is 6.24. The zero-order valence-electron chi connectivity index (χ0n) is 18.2. The maximum atomic E-state index is 13.1. The lowest BCUT2D eigenvalue weighted by atomic mass is 10.2. The van der Waals surface area contributed by atoms with Crippen molar-refractivity contribution < 1.29 is 31.2 Å². The van der Waals surface area contributed by atoms with Crippen LogP contribution in [0.2, 0.25) is 0 Å². The van der Waals surface area contributed by atoms with E-state index in [0.29, 0.717) is 11.3 Å². The van der Waals surface area contributed by atoms with Crippen molar-refractivity contribution in [3.05, 3.63) is 78.6 Å². The van der Waals surface area contributed by atoms with Crippen LogP contribution in [-0.4, -0.2) is 41.8 Å². The second kappa shape index (κ2) is 9.02. The van der Waals surface area contributed by atoms with Crippen LogP contribution in [0.4, 0.5) is 35.0 Å². The number of amides is 3. The van der Waals surface area contributed by atoms with Gasteiger partial charge in [-0.2, -0.15) is 13.2 Å². The minimum absolute atomic E-state index is 0.0344. The molecule has 3 aromatic rings. The number of anilines is 3. The zero-order chi connectivity index (χ0) is 25.4. The van der Waals surface area contributed by atoms with Gasteiger partial charge in [0.05, 0.1) is 29.0 Å². The van der Waals surface area contributed by atoms with Crippen molar-refractivity contribution in [1.82, 2.24) is 9.88 Å². The lowest BCUT2D eigenvalue weighted by molar-refractivity contribution is -0.119. The first-order valence-electron chi connectivity index (χ1n) is 10.3. The number of halogens is 3. The van der Waals surface area contributed by atoms with E-state index in [9.17, 15) is 31.2 Å². The Balaban J connectivity index is 1.58. The minimum atomic E-state index is -5.55. The molecule has 1 unspecified atom stereocenters. The summed E-state index contributed by atoms with van der Waals surface area (Å²) < 4.78 is 61.6. The van der Waals surface area contributed by atoms with Gasteiger partial charge < -0.3 is 10.2 Å². The number of pyridine rings is 1. The summed E-state index contributed by atoms with van der Waals surface area (Å²) in [6.45, 7) is 1.59. The molecule has 1 aromatic heterocycles. The Bertz CT molecular complexity index is 1360. The van der Waals surface area contributed by atoms with E-state index in [2.05, 4.69) is 10.3 Å². The van der Waals surface area contributed by atoms with Gasteiger partial charge in [-0.1, -0.05) is 18.2 Å². The van der Waals surface area contributed by atoms with E-state index >= 15 is 0 Å². The molecular weight excluding hydrogens is 485 g/mol. The van der Waals surface area contributed by atoms with E-state index in [0.717, 1.165) is 34.9 Å². The summed E-state index contributed by atoms with van der Waals surface area (Å²) in [4.78, 5) is 31.3. The largest absolute Gasteiger partial charge is 0.501 e. The molecule has 1 saturated heterocycles. The number of para-hydroxylation sites is 1. The van der Waals surface area contributed by atoms with Gasteiger partial charge in [0.15, 0.2) is 0 Å². The average Bonchev–Trinajstić information content (AvgIpc) is 3.03. The van der Waals surface area contributed by atoms with E-state index in [1.807, 2.05) is 30.3 Å². The number of urea groups is 1. The molecule has 1 aliphatic rings. The van der Waals surface area contributed by atoms with Crippen molar-refractivity contribution >= 4 is 38.8 Å². The van der Waals surface area contributed by atoms with Gasteiger partial charge in [0.2, 0.25) is 0 Å². The van der Waals surface area contributed by atoms with Crippen LogP contribution >= 0.6 is 0 Å². The molecule has 0 spiro atoms. The number of aromatic nitrogens is 1. The SMILES string of the molecule is CC1C(=O)N(c2ccc(S(=O)(=O)C(F)(F)F)cc2)C(=O)N1Cc1ccncc1Nc1ccccc1. The molecule has 2 heterocycles. The summed E-state index contributed by atoms with van der Waals surface area (Å²) in [5.41, 5.74) is -3.38. The quantitative estimate of drug-likeness (QED) is 0.497. The highest BCUT2D eigenvalue weighted by molar-refractivity contribution is 7.92. The minimum Gasteiger partial charge on any atom is -0.354 e. The molecule has 182 valence electrons.